The summed E-state index contributed by atoms with van der Waals surface area (Å²) in [6.45, 7) is 2.12. The van der Waals surface area contributed by atoms with Crippen LogP contribution in [0.1, 0.15) is 51.9 Å². The highest BCUT2D eigenvalue weighted by Crippen LogP contribution is 2.00. The van der Waals surface area contributed by atoms with E-state index in [9.17, 15) is 9.90 Å². The average molecular weight is 318 g/mol. The lowest BCUT2D eigenvalue weighted by Gasteiger charge is -1.98. The standard InChI is InChI=1S/C20H30O3/c1-2-3-4-5-6-7-8-10-13-16-19(21)17-14-11-9-12-15-18-20(22)23/h3-4,6-7,9-11,13-14,17,19,21H,2,5,8,12,15-16,18H2,1H3,(H,22,23)/t19-/m0/s1. The first-order chi connectivity index (χ1) is 11.2. The molecule has 3 heteroatoms. The van der Waals surface area contributed by atoms with Crippen molar-refractivity contribution in [2.45, 2.75) is 58.0 Å². The quantitative estimate of drug-likeness (QED) is 0.286. The largest absolute Gasteiger partial charge is 0.481 e. The van der Waals surface area contributed by atoms with Crippen LogP contribution in [0, 0.1) is 0 Å². The first kappa shape index (κ1) is 21.1. The Labute approximate surface area is 140 Å². The molecular weight excluding hydrogens is 288 g/mol. The predicted octanol–water partition coefficient (Wildman–Crippen LogP) is 4.96. The summed E-state index contributed by atoms with van der Waals surface area (Å²) in [5.74, 6) is -0.761. The van der Waals surface area contributed by atoms with Crippen molar-refractivity contribution in [3.8, 4) is 0 Å². The molecule has 23 heavy (non-hydrogen) atoms. The fourth-order valence-corrected chi connectivity index (χ4v) is 1.76. The Kier molecular flexibility index (Phi) is 15.2. The summed E-state index contributed by atoms with van der Waals surface area (Å²) in [4.78, 5) is 10.3. The SMILES string of the molecule is CCC=CCC=CCC=CC[C@H](O)C=CC=CCCCC(=O)O. The molecule has 2 N–H and O–H groups in total. The fraction of sp³-hybridized carbons (Fsp3) is 0.450. The number of rotatable bonds is 13. The van der Waals surface area contributed by atoms with Gasteiger partial charge in [-0.05, 0) is 38.5 Å². The molecule has 0 aliphatic carbocycles. The van der Waals surface area contributed by atoms with E-state index in [1.54, 1.807) is 12.2 Å². The van der Waals surface area contributed by atoms with Crippen LogP contribution in [-0.4, -0.2) is 22.3 Å². The Balaban J connectivity index is 3.68. The maximum atomic E-state index is 10.3. The molecule has 0 amide bonds. The number of unbranched alkanes of at least 4 members (excludes halogenated alkanes) is 1. The highest BCUT2D eigenvalue weighted by molar-refractivity contribution is 5.66. The van der Waals surface area contributed by atoms with E-state index in [1.165, 1.54) is 0 Å². The van der Waals surface area contributed by atoms with Crippen molar-refractivity contribution in [2.75, 3.05) is 0 Å². The highest BCUT2D eigenvalue weighted by Gasteiger charge is 1.94. The molecule has 0 saturated heterocycles. The third-order valence-corrected chi connectivity index (χ3v) is 3.00. The fourth-order valence-electron chi connectivity index (χ4n) is 1.76. The number of carboxylic acid groups (broad SMARTS) is 1. The van der Waals surface area contributed by atoms with Crippen LogP contribution in [-0.2, 0) is 4.79 Å². The zero-order chi connectivity index (χ0) is 17.2. The van der Waals surface area contributed by atoms with E-state index in [2.05, 4.69) is 37.3 Å². The zero-order valence-corrected chi connectivity index (χ0v) is 14.1. The minimum atomic E-state index is -0.761. The van der Waals surface area contributed by atoms with Gasteiger partial charge in [0.25, 0.3) is 0 Å². The lowest BCUT2D eigenvalue weighted by atomic mass is 10.2. The molecule has 0 aromatic carbocycles. The monoisotopic (exact) mass is 318 g/mol. The number of aliphatic hydroxyl groups excluding tert-OH is 1. The predicted molar refractivity (Wildman–Crippen MR) is 97.3 cm³/mol. The van der Waals surface area contributed by atoms with E-state index in [-0.39, 0.29) is 6.42 Å². The van der Waals surface area contributed by atoms with Crippen molar-refractivity contribution in [1.29, 1.82) is 0 Å². The zero-order valence-electron chi connectivity index (χ0n) is 14.1. The second-order valence-corrected chi connectivity index (χ2v) is 5.20. The van der Waals surface area contributed by atoms with Crippen LogP contribution in [0.25, 0.3) is 0 Å². The van der Waals surface area contributed by atoms with Gasteiger partial charge in [0.05, 0.1) is 6.10 Å². The molecule has 0 heterocycles. The average Bonchev–Trinajstić information content (AvgIpc) is 2.52. The van der Waals surface area contributed by atoms with Gasteiger partial charge in [0.2, 0.25) is 0 Å². The molecule has 3 nitrogen and oxygen atoms in total. The number of aliphatic hydroxyl groups is 1. The number of carbonyl (C=O) groups is 1. The molecular formula is C20H30O3. The van der Waals surface area contributed by atoms with Gasteiger partial charge in [0.15, 0.2) is 0 Å². The normalized spacial score (nSPS) is 14.2. The Morgan fingerprint density at radius 3 is 2.26 bits per heavy atom. The molecule has 0 aliphatic rings. The minimum Gasteiger partial charge on any atom is -0.481 e. The van der Waals surface area contributed by atoms with Gasteiger partial charge in [-0.2, -0.15) is 0 Å². The summed E-state index contributed by atoms with van der Waals surface area (Å²) >= 11 is 0. The molecule has 0 saturated carbocycles. The van der Waals surface area contributed by atoms with Crippen LogP contribution >= 0.6 is 0 Å². The molecule has 0 aromatic rings. The molecule has 128 valence electrons. The maximum absolute atomic E-state index is 10.3. The van der Waals surface area contributed by atoms with Crippen LogP contribution in [0.15, 0.2) is 60.8 Å². The number of aliphatic carboxylic acids is 1. The molecule has 0 aliphatic heterocycles. The topological polar surface area (TPSA) is 57.5 Å². The second-order valence-electron chi connectivity index (χ2n) is 5.20. The van der Waals surface area contributed by atoms with E-state index >= 15 is 0 Å². The number of hydrogen-bond acceptors (Lipinski definition) is 2. The first-order valence-electron chi connectivity index (χ1n) is 8.35. The summed E-state index contributed by atoms with van der Waals surface area (Å²) in [6, 6.07) is 0. The van der Waals surface area contributed by atoms with Gasteiger partial charge >= 0.3 is 5.97 Å². The van der Waals surface area contributed by atoms with Crippen LogP contribution in [0.5, 0.6) is 0 Å². The van der Waals surface area contributed by atoms with Crippen molar-refractivity contribution in [2.24, 2.45) is 0 Å². The number of carboxylic acids is 1. The van der Waals surface area contributed by atoms with E-state index in [4.69, 9.17) is 5.11 Å². The van der Waals surface area contributed by atoms with E-state index < -0.39 is 12.1 Å². The minimum absolute atomic E-state index is 0.199. The van der Waals surface area contributed by atoms with Crippen LogP contribution in [0.2, 0.25) is 0 Å². The van der Waals surface area contributed by atoms with Gasteiger partial charge < -0.3 is 10.2 Å². The van der Waals surface area contributed by atoms with Crippen molar-refractivity contribution in [1.82, 2.24) is 0 Å². The lowest BCUT2D eigenvalue weighted by Crippen LogP contribution is -1.98. The van der Waals surface area contributed by atoms with Crippen molar-refractivity contribution in [3.05, 3.63) is 60.8 Å². The smallest absolute Gasteiger partial charge is 0.303 e. The third kappa shape index (κ3) is 18.1. The maximum Gasteiger partial charge on any atom is 0.303 e. The van der Waals surface area contributed by atoms with Gasteiger partial charge in [0.1, 0.15) is 0 Å². The van der Waals surface area contributed by atoms with Crippen LogP contribution < -0.4 is 0 Å². The molecule has 0 unspecified atom stereocenters. The van der Waals surface area contributed by atoms with E-state index in [0.29, 0.717) is 12.8 Å². The van der Waals surface area contributed by atoms with Crippen LogP contribution in [0.3, 0.4) is 0 Å². The van der Waals surface area contributed by atoms with Gasteiger partial charge in [-0.1, -0.05) is 67.7 Å². The Bertz CT molecular complexity index is 428. The molecule has 0 spiro atoms. The third-order valence-electron chi connectivity index (χ3n) is 3.00. The molecule has 1 atom stereocenters. The number of hydrogen-bond donors (Lipinski definition) is 2. The highest BCUT2D eigenvalue weighted by atomic mass is 16.4. The molecule has 0 bridgehead atoms. The lowest BCUT2D eigenvalue weighted by molar-refractivity contribution is -0.137. The molecule has 0 rings (SSSR count). The van der Waals surface area contributed by atoms with Gasteiger partial charge in [-0.25, -0.2) is 0 Å². The summed E-state index contributed by atoms with van der Waals surface area (Å²) in [7, 11) is 0. The van der Waals surface area contributed by atoms with Crippen LogP contribution in [0.4, 0.5) is 0 Å². The van der Waals surface area contributed by atoms with Gasteiger partial charge in [0, 0.05) is 6.42 Å². The summed E-state index contributed by atoms with van der Waals surface area (Å²) < 4.78 is 0. The molecule has 0 fully saturated rings. The van der Waals surface area contributed by atoms with Gasteiger partial charge in [-0.3, -0.25) is 4.79 Å². The van der Waals surface area contributed by atoms with E-state index in [0.717, 1.165) is 25.7 Å². The Morgan fingerprint density at radius 2 is 1.61 bits per heavy atom. The molecule has 0 aromatic heterocycles. The van der Waals surface area contributed by atoms with E-state index in [1.807, 2.05) is 18.2 Å². The van der Waals surface area contributed by atoms with Crippen molar-refractivity contribution in [3.63, 3.8) is 0 Å². The Hall–Kier alpha value is -1.87. The summed E-state index contributed by atoms with van der Waals surface area (Å²) in [6.07, 6.45) is 24.6. The first-order valence-corrected chi connectivity index (χ1v) is 8.35. The Morgan fingerprint density at radius 1 is 0.957 bits per heavy atom. The second kappa shape index (κ2) is 16.5. The summed E-state index contributed by atoms with van der Waals surface area (Å²) in [5.41, 5.74) is 0. The van der Waals surface area contributed by atoms with Crippen molar-refractivity contribution >= 4 is 5.97 Å². The molecule has 0 radical (unpaired) electrons. The number of allylic oxidation sites excluding steroid dienone is 8. The summed E-state index contributed by atoms with van der Waals surface area (Å²) in [5, 5.41) is 18.2. The van der Waals surface area contributed by atoms with Crippen molar-refractivity contribution < 1.29 is 15.0 Å². The van der Waals surface area contributed by atoms with Gasteiger partial charge in [-0.15, -0.1) is 0 Å².